The summed E-state index contributed by atoms with van der Waals surface area (Å²) in [5.41, 5.74) is 11.3. The molecule has 6 heteroatoms. The van der Waals surface area contributed by atoms with E-state index in [4.69, 9.17) is 11.5 Å². The first-order valence-electron chi connectivity index (χ1n) is 3.79. The van der Waals surface area contributed by atoms with Crippen LogP contribution in [0.1, 0.15) is 0 Å². The van der Waals surface area contributed by atoms with Gasteiger partial charge in [0.1, 0.15) is 0 Å². The summed E-state index contributed by atoms with van der Waals surface area (Å²) >= 11 is 3.21. The van der Waals surface area contributed by atoms with Crippen molar-refractivity contribution in [3.05, 3.63) is 24.3 Å². The Morgan fingerprint density at radius 2 is 1.21 bits per heavy atom. The van der Waals surface area contributed by atoms with E-state index in [1.807, 2.05) is 24.3 Å². The van der Waals surface area contributed by atoms with Gasteiger partial charge in [0.2, 0.25) is 0 Å². The van der Waals surface area contributed by atoms with Gasteiger partial charge < -0.3 is 11.5 Å². The molecule has 2 nitrogen and oxygen atoms in total. The lowest BCUT2D eigenvalue weighted by atomic mass is 10.6. The van der Waals surface area contributed by atoms with E-state index in [1.165, 1.54) is 8.42 Å². The third-order valence-electron chi connectivity index (χ3n) is 1.41. The Morgan fingerprint density at radius 3 is 1.50 bits per heavy atom. The summed E-state index contributed by atoms with van der Waals surface area (Å²) in [5, 5.41) is 1.72. The summed E-state index contributed by atoms with van der Waals surface area (Å²) in [5.74, 6) is 0. The Hall–Kier alpha value is -0.300. The van der Waals surface area contributed by atoms with Crippen LogP contribution in [0, 0.1) is 0 Å². The van der Waals surface area contributed by atoms with Gasteiger partial charge in [0.25, 0.3) is 0 Å². The molecular weight excluding hydrogens is 252 g/mol. The molecule has 0 amide bonds. The van der Waals surface area contributed by atoms with Crippen LogP contribution < -0.4 is 11.5 Å². The molecule has 0 bridgehead atoms. The molecule has 0 aliphatic carbocycles. The van der Waals surface area contributed by atoms with Crippen molar-refractivity contribution in [2.45, 2.75) is 8.42 Å². The van der Waals surface area contributed by atoms with Crippen molar-refractivity contribution in [1.82, 2.24) is 0 Å². The predicted octanol–water partition coefficient (Wildman–Crippen LogP) is 3.77. The van der Waals surface area contributed by atoms with Gasteiger partial charge in [-0.2, -0.15) is 0 Å². The van der Waals surface area contributed by atoms with Crippen molar-refractivity contribution >= 4 is 54.3 Å². The lowest BCUT2D eigenvalue weighted by Gasteiger charge is -1.92. The van der Waals surface area contributed by atoms with Crippen LogP contribution in [0.4, 0.5) is 10.0 Å². The summed E-state index contributed by atoms with van der Waals surface area (Å²) in [4.78, 5) is 0. The zero-order chi connectivity index (χ0) is 9.97. The molecule has 0 unspecified atom stereocenters. The highest BCUT2D eigenvalue weighted by Crippen LogP contribution is 2.44. The molecule has 2 aromatic rings. The number of nitrogens with two attached hydrogens (primary N) is 2. The van der Waals surface area contributed by atoms with E-state index >= 15 is 0 Å². The molecule has 2 heterocycles. The first-order chi connectivity index (χ1) is 6.74. The van der Waals surface area contributed by atoms with Gasteiger partial charge in [0, 0.05) is 0 Å². The van der Waals surface area contributed by atoms with Gasteiger partial charge in [-0.15, -0.1) is 22.7 Å². The highest BCUT2D eigenvalue weighted by atomic mass is 33.1. The summed E-state index contributed by atoms with van der Waals surface area (Å²) < 4.78 is 2.44. The van der Waals surface area contributed by atoms with Gasteiger partial charge in [-0.25, -0.2) is 0 Å². The zero-order valence-electron chi connectivity index (χ0n) is 7.10. The Bertz CT molecular complexity index is 380. The van der Waals surface area contributed by atoms with Crippen LogP contribution in [0.15, 0.2) is 32.7 Å². The van der Waals surface area contributed by atoms with Crippen LogP contribution in [0.5, 0.6) is 0 Å². The third kappa shape index (κ3) is 2.60. The molecule has 0 aliphatic heterocycles. The highest BCUT2D eigenvalue weighted by Gasteiger charge is 2.02. The molecule has 0 spiro atoms. The van der Waals surface area contributed by atoms with E-state index in [-0.39, 0.29) is 0 Å². The highest BCUT2D eigenvalue weighted by molar-refractivity contribution is 8.77. The summed E-state index contributed by atoms with van der Waals surface area (Å²) in [6, 6.07) is 7.93. The van der Waals surface area contributed by atoms with E-state index in [2.05, 4.69) is 0 Å². The largest absolute Gasteiger partial charge is 0.391 e. The standard InChI is InChI=1S/C8H8N2S4/c9-5-1-3-7(11-5)13-14-8-4-2-6(10)12-8/h1-4H,9-10H2. The number of rotatable bonds is 3. The molecule has 74 valence electrons. The Balaban J connectivity index is 1.94. The molecule has 0 saturated heterocycles. The van der Waals surface area contributed by atoms with Gasteiger partial charge in [0.15, 0.2) is 0 Å². The van der Waals surface area contributed by atoms with Crippen LogP contribution in [0.3, 0.4) is 0 Å². The summed E-state index contributed by atoms with van der Waals surface area (Å²) in [7, 11) is 3.44. The molecule has 0 atom stereocenters. The average molecular weight is 260 g/mol. The maximum absolute atomic E-state index is 5.63. The lowest BCUT2D eigenvalue weighted by Crippen LogP contribution is -1.72. The molecule has 0 saturated carbocycles. The van der Waals surface area contributed by atoms with Crippen molar-refractivity contribution < 1.29 is 0 Å². The van der Waals surface area contributed by atoms with Gasteiger partial charge >= 0.3 is 0 Å². The average Bonchev–Trinajstić information content (AvgIpc) is 2.72. The fraction of sp³-hybridized carbons (Fsp3) is 0. The van der Waals surface area contributed by atoms with Crippen LogP contribution in [-0.2, 0) is 0 Å². The first kappa shape index (κ1) is 10.2. The third-order valence-corrected chi connectivity index (χ3v) is 6.47. The molecule has 0 radical (unpaired) electrons. The van der Waals surface area contributed by atoms with Crippen LogP contribution in [0.25, 0.3) is 0 Å². The SMILES string of the molecule is Nc1ccc(SSc2ccc(N)s2)s1. The lowest BCUT2D eigenvalue weighted by molar-refractivity contribution is 1.74. The Morgan fingerprint density at radius 1 is 0.786 bits per heavy atom. The minimum atomic E-state index is 0.860. The van der Waals surface area contributed by atoms with Crippen molar-refractivity contribution in [3.63, 3.8) is 0 Å². The fourth-order valence-electron chi connectivity index (χ4n) is 0.840. The van der Waals surface area contributed by atoms with Crippen molar-refractivity contribution in [2.24, 2.45) is 0 Å². The number of hydrogen-bond acceptors (Lipinski definition) is 6. The zero-order valence-corrected chi connectivity index (χ0v) is 10.4. The molecule has 4 N–H and O–H groups in total. The van der Waals surface area contributed by atoms with Gasteiger partial charge in [-0.1, -0.05) is 0 Å². The minimum Gasteiger partial charge on any atom is -0.391 e. The Labute approximate surface area is 98.1 Å². The van der Waals surface area contributed by atoms with Gasteiger partial charge in [-0.3, -0.25) is 0 Å². The number of nitrogen functional groups attached to an aromatic ring is 2. The second kappa shape index (κ2) is 4.48. The minimum absolute atomic E-state index is 0.860. The van der Waals surface area contributed by atoms with Crippen molar-refractivity contribution in [3.8, 4) is 0 Å². The number of anilines is 2. The molecular formula is C8H8N2S4. The van der Waals surface area contributed by atoms with Crippen LogP contribution in [-0.4, -0.2) is 0 Å². The predicted molar refractivity (Wildman–Crippen MR) is 69.2 cm³/mol. The monoisotopic (exact) mass is 260 g/mol. The Kier molecular flexibility index (Phi) is 3.27. The molecule has 0 aliphatic rings. The first-order valence-corrected chi connectivity index (χ1v) is 7.57. The molecule has 0 aromatic carbocycles. The topological polar surface area (TPSA) is 52.0 Å². The van der Waals surface area contributed by atoms with Crippen molar-refractivity contribution in [1.29, 1.82) is 0 Å². The second-order valence-corrected chi connectivity index (χ2v) is 7.44. The van der Waals surface area contributed by atoms with Gasteiger partial charge in [0.05, 0.1) is 18.4 Å². The second-order valence-electron chi connectivity index (χ2n) is 2.48. The van der Waals surface area contributed by atoms with Crippen LogP contribution >= 0.6 is 44.3 Å². The summed E-state index contributed by atoms with van der Waals surface area (Å²) in [6.45, 7) is 0. The summed E-state index contributed by atoms with van der Waals surface area (Å²) in [6.07, 6.45) is 0. The molecule has 14 heavy (non-hydrogen) atoms. The number of thiophene rings is 2. The van der Waals surface area contributed by atoms with E-state index in [9.17, 15) is 0 Å². The van der Waals surface area contributed by atoms with E-state index < -0.39 is 0 Å². The molecule has 0 fully saturated rings. The van der Waals surface area contributed by atoms with E-state index in [0.717, 1.165) is 10.0 Å². The van der Waals surface area contributed by atoms with Crippen molar-refractivity contribution in [2.75, 3.05) is 11.5 Å². The maximum Gasteiger partial charge on any atom is 0.0868 e. The van der Waals surface area contributed by atoms with E-state index in [0.29, 0.717) is 0 Å². The smallest absolute Gasteiger partial charge is 0.0868 e. The van der Waals surface area contributed by atoms with E-state index in [1.54, 1.807) is 44.3 Å². The molecule has 2 rings (SSSR count). The quantitative estimate of drug-likeness (QED) is 0.825. The maximum atomic E-state index is 5.63. The van der Waals surface area contributed by atoms with Gasteiger partial charge in [-0.05, 0) is 45.9 Å². The normalized spacial score (nSPS) is 10.6. The molecule has 2 aromatic heterocycles. The van der Waals surface area contributed by atoms with Crippen LogP contribution in [0.2, 0.25) is 0 Å². The fourth-order valence-corrected chi connectivity index (χ4v) is 5.16. The number of hydrogen-bond donors (Lipinski definition) is 2.